The zero-order chi connectivity index (χ0) is 88.9. The van der Waals surface area contributed by atoms with Crippen LogP contribution in [-0.2, 0) is 113 Å². The number of aromatic nitrogens is 9. The van der Waals surface area contributed by atoms with E-state index in [0.29, 0.717) is 131 Å². The standard InChI is InChI=1S/C27H32ClN5O4.C27H33N5O3.C26H31N5O3.C16H21NO3/c28-20-3-1-5-24(15-20)37-18-26(35)25-17-32(31-30-25)16-22-4-2-14-33(22)27(36)13-12-23(34)11-8-19-6-9-21(29)10-7-19;28-23-11-8-21(9-12-23)10-13-26(33)14-15-27(34)32-16-4-7-25(32)18-31-17-24(29-30-31)20-35-19-22-5-2-1-3-6-22;27-21-11-8-20(9-12-21)10-13-24(32)14-15-26(33)31-16-4-5-23(31)18-30-17-22(28-29-30)19-34-25-6-2-1-3-7-25;1-2-20-16(19)8-6-14(18)10-12-4-3-11-9-13(17)5-7-15(11)12/h1,3,5-7,9-10,15,17,22,26,35H,2,4,8,11-14,16,18,29H2;1-3,5-6,8-9,11-12,17,25H,4,7,10,13-16,18-20,28H2;1-3,6-9,11-12,17,23H,4-5,10,13-16,18-19,27H2;5,7,9,12H,2-4,6,8,10,17H2,1H3/t;;;12-/m...0/s1. The first kappa shape index (κ1) is 94.2. The number of aryl methyl sites for hydroxylation is 4. The zero-order valence-corrected chi connectivity index (χ0v) is 72.6. The molecular formula is C96H117ClN16O13. The Hall–Kier alpha value is -12.5. The molecule has 3 amide bonds. The molecule has 0 bridgehead atoms. The van der Waals surface area contributed by atoms with Gasteiger partial charge in [-0.1, -0.05) is 124 Å². The van der Waals surface area contributed by atoms with Gasteiger partial charge in [0.1, 0.15) is 71.0 Å². The van der Waals surface area contributed by atoms with Crippen molar-refractivity contribution in [1.82, 2.24) is 59.7 Å². The fourth-order valence-corrected chi connectivity index (χ4v) is 16.0. The van der Waals surface area contributed by atoms with Gasteiger partial charge in [0, 0.05) is 118 Å². The summed E-state index contributed by atoms with van der Waals surface area (Å²) in [6.07, 6.45) is 17.7. The summed E-state index contributed by atoms with van der Waals surface area (Å²) in [5.74, 6) is 1.83. The lowest BCUT2D eigenvalue weighted by molar-refractivity contribution is -0.144. The number of esters is 1. The number of hydrogen-bond acceptors (Lipinski definition) is 23. The number of halogens is 1. The second-order valence-corrected chi connectivity index (χ2v) is 32.8. The summed E-state index contributed by atoms with van der Waals surface area (Å²) in [5, 5.41) is 36.0. The first-order chi connectivity index (χ1) is 61.1. The van der Waals surface area contributed by atoms with Crippen molar-refractivity contribution in [1.29, 1.82) is 0 Å². The van der Waals surface area contributed by atoms with Crippen molar-refractivity contribution in [2.24, 2.45) is 0 Å². The van der Waals surface area contributed by atoms with E-state index >= 15 is 0 Å². The van der Waals surface area contributed by atoms with E-state index in [-0.39, 0.29) is 129 Å². The van der Waals surface area contributed by atoms with Crippen LogP contribution in [0.4, 0.5) is 22.7 Å². The summed E-state index contributed by atoms with van der Waals surface area (Å²) in [7, 11) is 0. The Kier molecular flexibility index (Phi) is 36.8. The van der Waals surface area contributed by atoms with E-state index in [1.54, 1.807) is 51.4 Å². The quantitative estimate of drug-likeness (QED) is 0.0175. The van der Waals surface area contributed by atoms with Gasteiger partial charge in [-0.3, -0.25) is 52.4 Å². The summed E-state index contributed by atoms with van der Waals surface area (Å²) < 4.78 is 27.1. The van der Waals surface area contributed by atoms with Gasteiger partial charge < -0.3 is 61.7 Å². The van der Waals surface area contributed by atoms with Gasteiger partial charge in [-0.15, -0.1) is 15.3 Å². The molecule has 30 heteroatoms. The number of benzene rings is 7. The molecule has 29 nitrogen and oxygen atoms in total. The molecule has 4 unspecified atom stereocenters. The number of carbonyl (C=O) groups is 8. The number of anilines is 4. The van der Waals surface area contributed by atoms with Crippen LogP contribution in [0.1, 0.15) is 191 Å². The summed E-state index contributed by atoms with van der Waals surface area (Å²) in [4.78, 5) is 104. The maximum atomic E-state index is 12.9. The van der Waals surface area contributed by atoms with Gasteiger partial charge in [0.15, 0.2) is 0 Å². The lowest BCUT2D eigenvalue weighted by Gasteiger charge is -2.24. The van der Waals surface area contributed by atoms with Crippen molar-refractivity contribution in [3.63, 3.8) is 0 Å². The topological polar surface area (TPSA) is 400 Å². The molecule has 6 heterocycles. The average Bonchev–Trinajstić information content (AvgIpc) is 1.68. The second kappa shape index (κ2) is 49.3. The molecular weight excluding hydrogens is 1620 g/mol. The molecule has 10 aromatic rings. The van der Waals surface area contributed by atoms with Crippen LogP contribution in [-0.4, -0.2) is 163 Å². The number of ketones is 4. The van der Waals surface area contributed by atoms with E-state index in [0.717, 1.165) is 110 Å². The van der Waals surface area contributed by atoms with Crippen LogP contribution in [0.15, 0.2) is 195 Å². The van der Waals surface area contributed by atoms with Crippen molar-refractivity contribution in [3.05, 3.63) is 250 Å². The lowest BCUT2D eigenvalue weighted by atomic mass is 9.94. The number of hydrogen-bond donors (Lipinski definition) is 5. The molecule has 5 atom stereocenters. The van der Waals surface area contributed by atoms with Gasteiger partial charge in [-0.2, -0.15) is 0 Å². The molecule has 1 aliphatic carbocycles. The van der Waals surface area contributed by atoms with E-state index in [1.807, 2.05) is 179 Å². The highest BCUT2D eigenvalue weighted by Crippen LogP contribution is 2.37. The van der Waals surface area contributed by atoms with Gasteiger partial charge in [0.25, 0.3) is 0 Å². The van der Waals surface area contributed by atoms with Crippen LogP contribution in [0.3, 0.4) is 0 Å². The summed E-state index contributed by atoms with van der Waals surface area (Å²) >= 11 is 5.96. The number of nitrogens with two attached hydrogens (primary N) is 4. The van der Waals surface area contributed by atoms with Crippen LogP contribution in [0.2, 0.25) is 5.02 Å². The Morgan fingerprint density at radius 3 is 1.39 bits per heavy atom. The molecule has 14 rings (SSSR count). The molecule has 3 aromatic heterocycles. The Labute approximate surface area is 740 Å². The van der Waals surface area contributed by atoms with Crippen molar-refractivity contribution in [2.75, 3.05) is 55.8 Å². The van der Waals surface area contributed by atoms with E-state index in [1.165, 1.54) is 11.1 Å². The summed E-state index contributed by atoms with van der Waals surface area (Å²) in [5.41, 5.74) is 34.5. The van der Waals surface area contributed by atoms with Gasteiger partial charge in [-0.05, 0) is 196 Å². The summed E-state index contributed by atoms with van der Waals surface area (Å²) in [6.45, 7) is 7.19. The molecule has 4 aliphatic rings. The lowest BCUT2D eigenvalue weighted by Crippen LogP contribution is -2.38. The van der Waals surface area contributed by atoms with E-state index in [9.17, 15) is 43.5 Å². The first-order valence-corrected chi connectivity index (χ1v) is 44.0. The number of fused-ring (bicyclic) bond motifs is 1. The van der Waals surface area contributed by atoms with Crippen LogP contribution in [0, 0.1) is 0 Å². The molecule has 9 N–H and O–H groups in total. The van der Waals surface area contributed by atoms with Crippen LogP contribution >= 0.6 is 11.6 Å². The van der Waals surface area contributed by atoms with Gasteiger partial charge in [0.2, 0.25) is 17.7 Å². The molecule has 3 saturated heterocycles. The third kappa shape index (κ3) is 31.3. The summed E-state index contributed by atoms with van der Waals surface area (Å²) in [6, 6.07) is 55.2. The number of nitrogens with zero attached hydrogens (tertiary/aromatic N) is 12. The third-order valence-electron chi connectivity index (χ3n) is 22.7. The number of ether oxygens (including phenoxy) is 4. The molecule has 0 saturated carbocycles. The first-order valence-electron chi connectivity index (χ1n) is 43.7. The van der Waals surface area contributed by atoms with E-state index < -0.39 is 6.10 Å². The molecule has 126 heavy (non-hydrogen) atoms. The highest BCUT2D eigenvalue weighted by molar-refractivity contribution is 6.30. The molecule has 3 fully saturated rings. The monoisotopic (exact) mass is 1740 g/mol. The molecule has 0 radical (unpaired) electrons. The third-order valence-corrected chi connectivity index (χ3v) is 22.9. The van der Waals surface area contributed by atoms with Gasteiger partial charge >= 0.3 is 5.97 Å². The number of rotatable bonds is 41. The maximum absolute atomic E-state index is 12.9. The molecule has 3 aliphatic heterocycles. The Bertz CT molecular complexity index is 5130. The van der Waals surface area contributed by atoms with E-state index in [2.05, 4.69) is 30.9 Å². The predicted octanol–water partition coefficient (Wildman–Crippen LogP) is 13.2. The van der Waals surface area contributed by atoms with Crippen LogP contribution in [0.25, 0.3) is 0 Å². The number of para-hydroxylation sites is 1. The number of carbonyl (C=O) groups excluding carboxylic acids is 8. The number of aliphatic hydroxyl groups excluding tert-OH is 1. The number of aliphatic hydroxyl groups is 1. The molecule has 0 spiro atoms. The minimum absolute atomic E-state index is 0.0133. The molecule has 7 aromatic carbocycles. The number of nitrogen functional groups attached to an aromatic ring is 4. The van der Waals surface area contributed by atoms with Crippen molar-refractivity contribution >= 4 is 81.2 Å². The minimum atomic E-state index is -0.951. The number of Topliss-reactive ketones (excluding diaryl/α,β-unsaturated/α-hetero) is 4. The minimum Gasteiger partial charge on any atom is -0.490 e. The number of likely N-dealkylation sites (tertiary alicyclic amines) is 3. The Balaban J connectivity index is 0.000000166. The highest BCUT2D eigenvalue weighted by atomic mass is 35.5. The van der Waals surface area contributed by atoms with Gasteiger partial charge in [-0.25, -0.2) is 0 Å². The fraction of sp³-hybridized carbons (Fsp3) is 0.417. The zero-order valence-electron chi connectivity index (χ0n) is 71.8. The second-order valence-electron chi connectivity index (χ2n) is 32.3. The fourth-order valence-electron chi connectivity index (χ4n) is 15.8. The van der Waals surface area contributed by atoms with Crippen molar-refractivity contribution in [3.8, 4) is 11.5 Å². The predicted molar refractivity (Wildman–Crippen MR) is 480 cm³/mol. The maximum Gasteiger partial charge on any atom is 0.306 e. The normalized spacial score (nSPS) is 15.8. The van der Waals surface area contributed by atoms with Crippen LogP contribution in [0.5, 0.6) is 11.5 Å². The molecule has 666 valence electrons. The Morgan fingerprint density at radius 2 is 0.897 bits per heavy atom. The van der Waals surface area contributed by atoms with Gasteiger partial charge in [0.05, 0.1) is 82.6 Å². The highest BCUT2D eigenvalue weighted by Gasteiger charge is 2.33. The van der Waals surface area contributed by atoms with Crippen LogP contribution < -0.4 is 32.4 Å². The van der Waals surface area contributed by atoms with Crippen molar-refractivity contribution in [2.45, 2.75) is 224 Å². The van der Waals surface area contributed by atoms with Crippen molar-refractivity contribution < 1.29 is 62.4 Å². The number of amides is 3. The largest absolute Gasteiger partial charge is 0.490 e. The average molecular weight is 1740 g/mol. The van der Waals surface area contributed by atoms with E-state index in [4.69, 9.17) is 53.5 Å². The SMILES string of the molecule is CCOC(=O)CCC(=O)C[C@@H]1CCc2cc(N)ccc21.Nc1ccc(CCC(=O)CCC(=O)N2CCCC2Cn2cc(C(O)COc3cccc(Cl)c3)nn2)cc1.Nc1ccc(CCC(=O)CCC(=O)N2CCCC2Cn2cc(COCc3ccccc3)nn2)cc1.Nc1ccc(CCC(=O)CCC(=O)N2CCCC2Cn2cc(COc3ccccc3)nn2)cc1. The smallest absolute Gasteiger partial charge is 0.306 e. The Morgan fingerprint density at radius 1 is 0.444 bits per heavy atom.